The Morgan fingerprint density at radius 1 is 1.40 bits per heavy atom. The van der Waals surface area contributed by atoms with Crippen LogP contribution in [0.1, 0.15) is 33.5 Å². The maximum Gasteiger partial charge on any atom is 0.205 e. The van der Waals surface area contributed by atoms with Gasteiger partial charge >= 0.3 is 0 Å². The average molecular weight is 292 g/mol. The van der Waals surface area contributed by atoms with E-state index in [1.165, 1.54) is 11.5 Å². The lowest BCUT2D eigenvalue weighted by Gasteiger charge is -2.18. The van der Waals surface area contributed by atoms with Crippen LogP contribution < -0.4 is 4.90 Å². The number of hydrogen-bond donors (Lipinski definition) is 0. The maximum atomic E-state index is 4.58. The van der Waals surface area contributed by atoms with E-state index in [4.69, 9.17) is 0 Å². The molecule has 0 aromatic carbocycles. The van der Waals surface area contributed by atoms with E-state index in [-0.39, 0.29) is 5.41 Å². The van der Waals surface area contributed by atoms with Crippen molar-refractivity contribution in [1.82, 2.24) is 9.36 Å². The minimum absolute atomic E-state index is 0.0442. The van der Waals surface area contributed by atoms with Gasteiger partial charge < -0.3 is 4.90 Å². The number of hydrogen-bond acceptors (Lipinski definition) is 4. The van der Waals surface area contributed by atoms with E-state index in [2.05, 4.69) is 57.9 Å². The minimum Gasteiger partial charge on any atom is -0.346 e. The van der Waals surface area contributed by atoms with Crippen molar-refractivity contribution in [1.29, 1.82) is 0 Å². The average Bonchev–Trinajstić information content (AvgIpc) is 2.62. The van der Waals surface area contributed by atoms with Crippen molar-refractivity contribution >= 4 is 32.6 Å². The van der Waals surface area contributed by atoms with Crippen molar-refractivity contribution in [2.75, 3.05) is 23.3 Å². The second-order valence-corrected chi connectivity index (χ2v) is 5.94. The molecule has 1 aromatic rings. The first-order valence-electron chi connectivity index (χ1n) is 5.14. The molecule has 0 bridgehead atoms. The molecule has 0 atom stereocenters. The highest BCUT2D eigenvalue weighted by Crippen LogP contribution is 2.25. The predicted molar refractivity (Wildman–Crippen MR) is 70.3 cm³/mol. The lowest BCUT2D eigenvalue weighted by atomic mass is 9.96. The fourth-order valence-electron chi connectivity index (χ4n) is 1.14. The highest BCUT2D eigenvalue weighted by molar-refractivity contribution is 9.09. The van der Waals surface area contributed by atoms with Crippen LogP contribution in [-0.2, 0) is 5.41 Å². The van der Waals surface area contributed by atoms with E-state index in [1.807, 2.05) is 0 Å². The zero-order valence-electron chi connectivity index (χ0n) is 9.75. The molecular formula is C10H18BrN3S. The molecule has 0 fully saturated rings. The molecule has 1 aromatic heterocycles. The van der Waals surface area contributed by atoms with Crippen molar-refractivity contribution in [2.24, 2.45) is 0 Å². The lowest BCUT2D eigenvalue weighted by molar-refractivity contribution is 0.554. The first-order valence-corrected chi connectivity index (χ1v) is 7.03. The Morgan fingerprint density at radius 3 is 2.47 bits per heavy atom. The summed E-state index contributed by atoms with van der Waals surface area (Å²) in [5.74, 6) is 0.940. The summed E-state index contributed by atoms with van der Waals surface area (Å²) in [6.07, 6.45) is 0. The fraction of sp³-hybridized carbons (Fsp3) is 0.800. The van der Waals surface area contributed by atoms with Crippen LogP contribution in [0.15, 0.2) is 0 Å². The van der Waals surface area contributed by atoms with Gasteiger partial charge in [-0.3, -0.25) is 0 Å². The van der Waals surface area contributed by atoms with Crippen LogP contribution in [-0.4, -0.2) is 27.8 Å². The Kier molecular flexibility index (Phi) is 4.52. The van der Waals surface area contributed by atoms with E-state index in [0.29, 0.717) is 0 Å². The molecule has 86 valence electrons. The third-order valence-corrected chi connectivity index (χ3v) is 3.22. The lowest BCUT2D eigenvalue weighted by Crippen LogP contribution is -2.25. The maximum absolute atomic E-state index is 4.58. The van der Waals surface area contributed by atoms with Crippen LogP contribution in [0.3, 0.4) is 0 Å². The van der Waals surface area contributed by atoms with Gasteiger partial charge in [0.15, 0.2) is 0 Å². The Labute approximate surface area is 104 Å². The molecular weight excluding hydrogens is 274 g/mol. The molecule has 0 aliphatic carbocycles. The highest BCUT2D eigenvalue weighted by Gasteiger charge is 2.20. The topological polar surface area (TPSA) is 29.0 Å². The molecule has 0 N–H and O–H groups in total. The number of aromatic nitrogens is 2. The highest BCUT2D eigenvalue weighted by atomic mass is 79.9. The minimum atomic E-state index is 0.0442. The molecule has 1 rings (SSSR count). The van der Waals surface area contributed by atoms with E-state index in [9.17, 15) is 0 Å². The first kappa shape index (κ1) is 12.9. The van der Waals surface area contributed by atoms with Gasteiger partial charge in [-0.15, -0.1) is 0 Å². The summed E-state index contributed by atoms with van der Waals surface area (Å²) >= 11 is 4.94. The largest absolute Gasteiger partial charge is 0.346 e. The predicted octanol–water partition coefficient (Wildman–Crippen LogP) is 3.06. The Hall–Kier alpha value is -0.160. The van der Waals surface area contributed by atoms with Gasteiger partial charge in [0.2, 0.25) is 5.13 Å². The summed E-state index contributed by atoms with van der Waals surface area (Å²) in [6, 6.07) is 0. The van der Waals surface area contributed by atoms with Gasteiger partial charge in [0.05, 0.1) is 0 Å². The number of alkyl halides is 1. The number of nitrogens with zero attached hydrogens (tertiary/aromatic N) is 3. The third-order valence-electron chi connectivity index (χ3n) is 2.09. The van der Waals surface area contributed by atoms with Crippen LogP contribution in [0.5, 0.6) is 0 Å². The molecule has 3 nitrogen and oxygen atoms in total. The summed E-state index contributed by atoms with van der Waals surface area (Å²) < 4.78 is 4.41. The molecule has 0 aliphatic rings. The van der Waals surface area contributed by atoms with Gasteiger partial charge in [-0.25, -0.2) is 4.98 Å². The molecule has 0 saturated heterocycles. The Bertz CT molecular complexity index is 306. The van der Waals surface area contributed by atoms with Crippen molar-refractivity contribution in [3.05, 3.63) is 5.82 Å². The van der Waals surface area contributed by atoms with E-state index >= 15 is 0 Å². The molecule has 15 heavy (non-hydrogen) atoms. The van der Waals surface area contributed by atoms with E-state index in [0.717, 1.165) is 29.4 Å². The Balaban J connectivity index is 2.82. The standard InChI is InChI=1S/C10H18BrN3S/c1-5-14(7-6-11)9-12-8(13-15-9)10(2,3)4/h5-7H2,1-4H3. The molecule has 0 spiro atoms. The van der Waals surface area contributed by atoms with Gasteiger partial charge in [-0.1, -0.05) is 36.7 Å². The van der Waals surface area contributed by atoms with Gasteiger partial charge in [0.1, 0.15) is 5.82 Å². The first-order chi connectivity index (χ1) is 6.99. The van der Waals surface area contributed by atoms with Gasteiger partial charge in [0, 0.05) is 35.4 Å². The van der Waals surface area contributed by atoms with Crippen LogP contribution in [0.4, 0.5) is 5.13 Å². The van der Waals surface area contributed by atoms with Crippen LogP contribution in [0.25, 0.3) is 0 Å². The SMILES string of the molecule is CCN(CCBr)c1nc(C(C)(C)C)ns1. The zero-order chi connectivity index (χ0) is 11.5. The molecule has 0 aliphatic heterocycles. The molecule has 1 heterocycles. The molecule has 5 heteroatoms. The van der Waals surface area contributed by atoms with Gasteiger partial charge in [-0.2, -0.15) is 4.37 Å². The summed E-state index contributed by atoms with van der Waals surface area (Å²) in [6.45, 7) is 10.5. The third kappa shape index (κ3) is 3.41. The monoisotopic (exact) mass is 291 g/mol. The quantitative estimate of drug-likeness (QED) is 0.799. The normalized spacial score (nSPS) is 11.8. The summed E-state index contributed by atoms with van der Waals surface area (Å²) in [7, 11) is 0. The zero-order valence-corrected chi connectivity index (χ0v) is 12.2. The van der Waals surface area contributed by atoms with Crippen molar-refractivity contribution in [2.45, 2.75) is 33.1 Å². The van der Waals surface area contributed by atoms with Crippen molar-refractivity contribution in [3.8, 4) is 0 Å². The van der Waals surface area contributed by atoms with E-state index in [1.54, 1.807) is 0 Å². The van der Waals surface area contributed by atoms with Gasteiger partial charge in [0.25, 0.3) is 0 Å². The second-order valence-electron chi connectivity index (χ2n) is 4.42. The van der Waals surface area contributed by atoms with Crippen LogP contribution in [0, 0.1) is 0 Å². The molecule has 0 unspecified atom stereocenters. The summed E-state index contributed by atoms with van der Waals surface area (Å²) in [5, 5.41) is 1.99. The fourth-order valence-corrected chi connectivity index (χ4v) is 2.51. The number of rotatable bonds is 4. The number of halogens is 1. The molecule has 0 amide bonds. The molecule has 0 saturated carbocycles. The summed E-state index contributed by atoms with van der Waals surface area (Å²) in [5.41, 5.74) is 0.0442. The second kappa shape index (κ2) is 5.25. The number of anilines is 1. The van der Waals surface area contributed by atoms with Crippen molar-refractivity contribution in [3.63, 3.8) is 0 Å². The van der Waals surface area contributed by atoms with Crippen molar-refractivity contribution < 1.29 is 0 Å². The Morgan fingerprint density at radius 2 is 2.07 bits per heavy atom. The van der Waals surface area contributed by atoms with Crippen LogP contribution in [0.2, 0.25) is 0 Å². The van der Waals surface area contributed by atoms with Crippen LogP contribution >= 0.6 is 27.5 Å². The van der Waals surface area contributed by atoms with E-state index < -0.39 is 0 Å². The smallest absolute Gasteiger partial charge is 0.205 e. The summed E-state index contributed by atoms with van der Waals surface area (Å²) in [4.78, 5) is 6.82. The molecule has 0 radical (unpaired) electrons. The van der Waals surface area contributed by atoms with Gasteiger partial charge in [-0.05, 0) is 6.92 Å².